The SMILES string of the molecule is COc1ccc(CNCc2ccc(OC)c(Cn3ccnc3)c2)cc1. The van der Waals surface area contributed by atoms with Crippen LogP contribution in [0.25, 0.3) is 0 Å². The van der Waals surface area contributed by atoms with Crippen LogP contribution in [0.1, 0.15) is 16.7 Å². The van der Waals surface area contributed by atoms with Gasteiger partial charge < -0.3 is 19.4 Å². The number of rotatable bonds is 8. The highest BCUT2D eigenvalue weighted by atomic mass is 16.5. The zero-order valence-electron chi connectivity index (χ0n) is 14.6. The molecule has 130 valence electrons. The lowest BCUT2D eigenvalue weighted by molar-refractivity contribution is 0.408. The summed E-state index contributed by atoms with van der Waals surface area (Å²) in [6.07, 6.45) is 5.55. The van der Waals surface area contributed by atoms with Gasteiger partial charge in [0.15, 0.2) is 0 Å². The van der Waals surface area contributed by atoms with Gasteiger partial charge in [0.2, 0.25) is 0 Å². The third-order valence-electron chi connectivity index (χ3n) is 4.07. The van der Waals surface area contributed by atoms with Gasteiger partial charge in [-0.25, -0.2) is 4.98 Å². The Morgan fingerprint density at radius 3 is 2.40 bits per heavy atom. The fraction of sp³-hybridized carbons (Fsp3) is 0.250. The van der Waals surface area contributed by atoms with Gasteiger partial charge in [-0.15, -0.1) is 0 Å². The summed E-state index contributed by atoms with van der Waals surface area (Å²) in [4.78, 5) is 4.09. The highest BCUT2D eigenvalue weighted by Crippen LogP contribution is 2.21. The first-order valence-electron chi connectivity index (χ1n) is 8.23. The molecule has 1 heterocycles. The van der Waals surface area contributed by atoms with Crippen LogP contribution in [0.15, 0.2) is 61.2 Å². The van der Waals surface area contributed by atoms with Crippen molar-refractivity contribution in [1.82, 2.24) is 14.9 Å². The van der Waals surface area contributed by atoms with E-state index in [1.807, 2.05) is 35.3 Å². The van der Waals surface area contributed by atoms with Crippen molar-refractivity contribution in [3.8, 4) is 11.5 Å². The molecule has 2 aromatic carbocycles. The average Bonchev–Trinajstić information content (AvgIpc) is 3.16. The van der Waals surface area contributed by atoms with E-state index in [0.717, 1.165) is 36.7 Å². The lowest BCUT2D eigenvalue weighted by Crippen LogP contribution is -2.13. The van der Waals surface area contributed by atoms with Gasteiger partial charge in [-0.05, 0) is 35.4 Å². The number of ether oxygens (including phenoxy) is 2. The largest absolute Gasteiger partial charge is 0.497 e. The molecule has 0 aliphatic carbocycles. The van der Waals surface area contributed by atoms with Crippen molar-refractivity contribution >= 4 is 0 Å². The van der Waals surface area contributed by atoms with Crippen LogP contribution in [0.5, 0.6) is 11.5 Å². The fourth-order valence-electron chi connectivity index (χ4n) is 2.74. The van der Waals surface area contributed by atoms with Crippen molar-refractivity contribution in [2.24, 2.45) is 0 Å². The highest BCUT2D eigenvalue weighted by molar-refractivity contribution is 5.37. The number of imidazole rings is 1. The Morgan fingerprint density at radius 1 is 0.960 bits per heavy atom. The molecule has 5 heteroatoms. The number of aromatic nitrogens is 2. The molecular weight excluding hydrogens is 314 g/mol. The van der Waals surface area contributed by atoms with Crippen molar-refractivity contribution in [3.05, 3.63) is 77.9 Å². The predicted molar refractivity (Wildman–Crippen MR) is 97.9 cm³/mol. The van der Waals surface area contributed by atoms with Crippen LogP contribution in [0.2, 0.25) is 0 Å². The third kappa shape index (κ3) is 4.61. The highest BCUT2D eigenvalue weighted by Gasteiger charge is 2.06. The summed E-state index contributed by atoms with van der Waals surface area (Å²) in [6.45, 7) is 2.36. The quantitative estimate of drug-likeness (QED) is 0.685. The molecule has 0 saturated heterocycles. The van der Waals surface area contributed by atoms with Crippen LogP contribution in [-0.4, -0.2) is 23.8 Å². The van der Waals surface area contributed by atoms with E-state index >= 15 is 0 Å². The lowest BCUT2D eigenvalue weighted by atomic mass is 10.1. The van der Waals surface area contributed by atoms with Crippen LogP contribution < -0.4 is 14.8 Å². The van der Waals surface area contributed by atoms with E-state index in [1.165, 1.54) is 11.1 Å². The number of hydrogen-bond donors (Lipinski definition) is 1. The zero-order chi connectivity index (χ0) is 17.5. The second-order valence-electron chi connectivity index (χ2n) is 5.83. The van der Waals surface area contributed by atoms with Gasteiger partial charge in [-0.3, -0.25) is 0 Å². The molecular formula is C20H23N3O2. The Bertz CT molecular complexity index is 783. The summed E-state index contributed by atoms with van der Waals surface area (Å²) >= 11 is 0. The monoisotopic (exact) mass is 337 g/mol. The molecule has 0 fully saturated rings. The van der Waals surface area contributed by atoms with Gasteiger partial charge in [0.1, 0.15) is 11.5 Å². The molecule has 1 aromatic heterocycles. The summed E-state index contributed by atoms with van der Waals surface area (Å²) in [5, 5.41) is 3.48. The van der Waals surface area contributed by atoms with E-state index in [4.69, 9.17) is 9.47 Å². The molecule has 0 radical (unpaired) electrons. The van der Waals surface area contributed by atoms with Crippen LogP contribution in [0.4, 0.5) is 0 Å². The van der Waals surface area contributed by atoms with Crippen LogP contribution in [0, 0.1) is 0 Å². The predicted octanol–water partition coefficient (Wildman–Crippen LogP) is 3.24. The molecule has 3 rings (SSSR count). The Morgan fingerprint density at radius 2 is 1.72 bits per heavy atom. The van der Waals surface area contributed by atoms with Gasteiger partial charge in [-0.2, -0.15) is 0 Å². The molecule has 5 nitrogen and oxygen atoms in total. The second-order valence-corrected chi connectivity index (χ2v) is 5.83. The van der Waals surface area contributed by atoms with Crippen LogP contribution >= 0.6 is 0 Å². The van der Waals surface area contributed by atoms with Gasteiger partial charge >= 0.3 is 0 Å². The number of benzene rings is 2. The van der Waals surface area contributed by atoms with Gasteiger partial charge in [0.05, 0.1) is 27.1 Å². The first kappa shape index (κ1) is 17.0. The zero-order valence-corrected chi connectivity index (χ0v) is 14.6. The molecule has 25 heavy (non-hydrogen) atoms. The number of hydrogen-bond acceptors (Lipinski definition) is 4. The van der Waals surface area contributed by atoms with Crippen LogP contribution in [0.3, 0.4) is 0 Å². The smallest absolute Gasteiger partial charge is 0.123 e. The van der Waals surface area contributed by atoms with Gasteiger partial charge in [0.25, 0.3) is 0 Å². The van der Waals surface area contributed by atoms with E-state index in [0.29, 0.717) is 0 Å². The minimum atomic E-state index is 0.746. The summed E-state index contributed by atoms with van der Waals surface area (Å²) in [5.41, 5.74) is 3.60. The molecule has 1 N–H and O–H groups in total. The van der Waals surface area contributed by atoms with Gasteiger partial charge in [0, 0.05) is 31.0 Å². The maximum Gasteiger partial charge on any atom is 0.123 e. The molecule has 0 amide bonds. The van der Waals surface area contributed by atoms with E-state index in [1.54, 1.807) is 20.4 Å². The number of nitrogens with one attached hydrogen (secondary N) is 1. The van der Waals surface area contributed by atoms with E-state index in [9.17, 15) is 0 Å². The van der Waals surface area contributed by atoms with E-state index in [-0.39, 0.29) is 0 Å². The molecule has 0 spiro atoms. The lowest BCUT2D eigenvalue weighted by Gasteiger charge is -2.12. The summed E-state index contributed by atoms with van der Waals surface area (Å²) in [5.74, 6) is 1.77. The minimum absolute atomic E-state index is 0.746. The van der Waals surface area contributed by atoms with Crippen molar-refractivity contribution < 1.29 is 9.47 Å². The first-order chi connectivity index (χ1) is 12.3. The molecule has 0 aliphatic rings. The Labute approximate surface area is 148 Å². The molecule has 0 atom stereocenters. The van der Waals surface area contributed by atoms with Gasteiger partial charge in [-0.1, -0.05) is 18.2 Å². The minimum Gasteiger partial charge on any atom is -0.497 e. The van der Waals surface area contributed by atoms with E-state index in [2.05, 4.69) is 34.6 Å². The Kier molecular flexibility index (Phi) is 5.69. The van der Waals surface area contributed by atoms with Crippen molar-refractivity contribution in [3.63, 3.8) is 0 Å². The topological polar surface area (TPSA) is 48.3 Å². The fourth-order valence-corrected chi connectivity index (χ4v) is 2.74. The second kappa shape index (κ2) is 8.35. The third-order valence-corrected chi connectivity index (χ3v) is 4.07. The van der Waals surface area contributed by atoms with Crippen molar-refractivity contribution in [2.45, 2.75) is 19.6 Å². The maximum absolute atomic E-state index is 5.48. The molecule has 0 saturated carbocycles. The molecule has 0 unspecified atom stereocenters. The summed E-state index contributed by atoms with van der Waals surface area (Å²) < 4.78 is 12.7. The molecule has 0 aliphatic heterocycles. The Balaban J connectivity index is 1.61. The molecule has 3 aromatic rings. The standard InChI is InChI=1S/C20H23N3O2/c1-24-19-6-3-16(4-7-19)12-22-13-17-5-8-20(25-2)18(11-17)14-23-10-9-21-15-23/h3-11,15,22H,12-14H2,1-2H3. The van der Waals surface area contributed by atoms with Crippen molar-refractivity contribution in [1.29, 1.82) is 0 Å². The van der Waals surface area contributed by atoms with Crippen LogP contribution in [-0.2, 0) is 19.6 Å². The first-order valence-corrected chi connectivity index (χ1v) is 8.23. The van der Waals surface area contributed by atoms with E-state index < -0.39 is 0 Å². The Hall–Kier alpha value is -2.79. The average molecular weight is 337 g/mol. The summed E-state index contributed by atoms with van der Waals surface area (Å²) in [7, 11) is 3.38. The van der Waals surface area contributed by atoms with Crippen molar-refractivity contribution in [2.75, 3.05) is 14.2 Å². The maximum atomic E-state index is 5.48. The number of methoxy groups -OCH3 is 2. The summed E-state index contributed by atoms with van der Waals surface area (Å²) in [6, 6.07) is 14.4. The number of nitrogens with zero attached hydrogens (tertiary/aromatic N) is 2. The molecule has 0 bridgehead atoms. The normalized spacial score (nSPS) is 10.6.